The monoisotopic (exact) mass is 223 g/mol. The largest absolute Gasteiger partial charge is 0.314 e. The molecule has 2 atom stereocenters. The van der Waals surface area contributed by atoms with Crippen LogP contribution < -0.4 is 5.32 Å². The maximum Gasteiger partial charge on any atom is 0.234 e. The number of aromatic nitrogens is 4. The van der Waals surface area contributed by atoms with Crippen LogP contribution in [0.15, 0.2) is 6.33 Å². The molecule has 0 aromatic carbocycles. The predicted molar refractivity (Wildman–Crippen MR) is 58.1 cm³/mol. The fourth-order valence-electron chi connectivity index (χ4n) is 2.10. The number of nitrogens with zero attached hydrogens (tertiary/aromatic N) is 4. The van der Waals surface area contributed by atoms with Gasteiger partial charge in [0.1, 0.15) is 11.3 Å². The second kappa shape index (κ2) is 3.53. The van der Waals surface area contributed by atoms with E-state index in [0.717, 1.165) is 11.5 Å². The molecule has 0 spiro atoms. The Hall–Kier alpha value is -1.01. The van der Waals surface area contributed by atoms with Crippen LogP contribution in [0.4, 0.5) is 0 Å². The molecule has 0 amide bonds. The van der Waals surface area contributed by atoms with Crippen LogP contribution in [0.3, 0.4) is 0 Å². The van der Waals surface area contributed by atoms with E-state index in [1.807, 2.05) is 0 Å². The highest BCUT2D eigenvalue weighted by Gasteiger charge is 2.23. The van der Waals surface area contributed by atoms with E-state index in [9.17, 15) is 0 Å². The summed E-state index contributed by atoms with van der Waals surface area (Å²) in [6.45, 7) is 3.32. The smallest absolute Gasteiger partial charge is 0.234 e. The molecule has 15 heavy (non-hydrogen) atoms. The van der Waals surface area contributed by atoms with Crippen LogP contribution in [0.1, 0.15) is 30.7 Å². The Morgan fingerprint density at radius 3 is 3.33 bits per heavy atom. The summed E-state index contributed by atoms with van der Waals surface area (Å²) in [7, 11) is 0. The molecule has 3 heterocycles. The number of hydrogen-bond acceptors (Lipinski definition) is 5. The molecule has 1 aliphatic rings. The Morgan fingerprint density at radius 1 is 1.60 bits per heavy atom. The van der Waals surface area contributed by atoms with Crippen molar-refractivity contribution in [2.75, 3.05) is 6.54 Å². The van der Waals surface area contributed by atoms with E-state index in [4.69, 9.17) is 0 Å². The van der Waals surface area contributed by atoms with Crippen molar-refractivity contribution < 1.29 is 0 Å². The first-order chi connectivity index (χ1) is 7.33. The van der Waals surface area contributed by atoms with Gasteiger partial charge in [-0.15, -0.1) is 10.2 Å². The summed E-state index contributed by atoms with van der Waals surface area (Å²) in [6, 6.07) is 0.595. The van der Waals surface area contributed by atoms with Crippen molar-refractivity contribution in [1.29, 1.82) is 0 Å². The van der Waals surface area contributed by atoms with E-state index < -0.39 is 0 Å². The van der Waals surface area contributed by atoms with Gasteiger partial charge >= 0.3 is 0 Å². The molecule has 0 saturated carbocycles. The highest BCUT2D eigenvalue weighted by atomic mass is 32.1. The van der Waals surface area contributed by atoms with E-state index in [1.165, 1.54) is 17.8 Å². The lowest BCUT2D eigenvalue weighted by Gasteiger charge is -2.26. The molecule has 2 aromatic rings. The zero-order chi connectivity index (χ0) is 10.3. The average Bonchev–Trinajstić information content (AvgIpc) is 2.76. The Kier molecular flexibility index (Phi) is 2.17. The molecular formula is C9H13N5S. The predicted octanol–water partition coefficient (Wildman–Crippen LogP) is 1.04. The van der Waals surface area contributed by atoms with Crippen LogP contribution in [0.25, 0.3) is 4.96 Å². The quantitative estimate of drug-likeness (QED) is 0.785. The molecule has 0 radical (unpaired) electrons. The minimum Gasteiger partial charge on any atom is -0.314 e. The molecule has 5 nitrogen and oxygen atoms in total. The molecule has 0 bridgehead atoms. The fraction of sp³-hybridized carbons (Fsp3) is 0.667. The summed E-state index contributed by atoms with van der Waals surface area (Å²) in [5.74, 6) is 0.591. The summed E-state index contributed by atoms with van der Waals surface area (Å²) in [6.07, 6.45) is 4.01. The van der Waals surface area contributed by atoms with Crippen LogP contribution in [0.5, 0.6) is 0 Å². The Bertz CT molecular complexity index is 433. The summed E-state index contributed by atoms with van der Waals surface area (Å²) in [5, 5.41) is 17.0. The third-order valence-corrected chi connectivity index (χ3v) is 3.95. The first-order valence-electron chi connectivity index (χ1n) is 5.23. The van der Waals surface area contributed by atoms with Crippen molar-refractivity contribution >= 4 is 16.3 Å². The zero-order valence-corrected chi connectivity index (χ0v) is 9.37. The van der Waals surface area contributed by atoms with Gasteiger partial charge in [-0.3, -0.25) is 0 Å². The van der Waals surface area contributed by atoms with Crippen molar-refractivity contribution in [2.24, 2.45) is 0 Å². The molecule has 0 aliphatic carbocycles. The van der Waals surface area contributed by atoms with Crippen LogP contribution in [-0.4, -0.2) is 32.4 Å². The second-order valence-corrected chi connectivity index (χ2v) is 5.06. The van der Waals surface area contributed by atoms with E-state index >= 15 is 0 Å². The summed E-state index contributed by atoms with van der Waals surface area (Å²) in [4.78, 5) is 0.899. The van der Waals surface area contributed by atoms with Crippen LogP contribution in [-0.2, 0) is 0 Å². The lowest BCUT2D eigenvalue weighted by atomic mass is 9.94. The molecule has 80 valence electrons. The van der Waals surface area contributed by atoms with Gasteiger partial charge in [0.05, 0.1) is 0 Å². The first-order valence-corrected chi connectivity index (χ1v) is 6.04. The Balaban J connectivity index is 1.89. The van der Waals surface area contributed by atoms with Gasteiger partial charge in [0, 0.05) is 12.0 Å². The Labute approximate surface area is 91.5 Å². The molecule has 1 saturated heterocycles. The van der Waals surface area contributed by atoms with Crippen LogP contribution in [0, 0.1) is 0 Å². The van der Waals surface area contributed by atoms with Gasteiger partial charge in [-0.25, -0.2) is 0 Å². The van der Waals surface area contributed by atoms with Crippen molar-refractivity contribution in [3.05, 3.63) is 11.3 Å². The molecular weight excluding hydrogens is 210 g/mol. The van der Waals surface area contributed by atoms with E-state index in [1.54, 1.807) is 22.2 Å². The second-order valence-electron chi connectivity index (χ2n) is 4.07. The fourth-order valence-corrected chi connectivity index (χ4v) is 3.06. The van der Waals surface area contributed by atoms with Crippen LogP contribution in [0.2, 0.25) is 0 Å². The number of nitrogens with one attached hydrogen (secondary N) is 1. The van der Waals surface area contributed by atoms with E-state index in [0.29, 0.717) is 12.0 Å². The molecule has 6 heteroatoms. The van der Waals surface area contributed by atoms with Gasteiger partial charge in [-0.05, 0) is 26.3 Å². The maximum atomic E-state index is 4.51. The van der Waals surface area contributed by atoms with Crippen molar-refractivity contribution in [2.45, 2.75) is 31.7 Å². The number of rotatable bonds is 1. The maximum absolute atomic E-state index is 4.51. The van der Waals surface area contributed by atoms with Crippen molar-refractivity contribution in [3.8, 4) is 0 Å². The molecule has 1 aliphatic heterocycles. The van der Waals surface area contributed by atoms with Gasteiger partial charge in [0.25, 0.3) is 0 Å². The lowest BCUT2D eigenvalue weighted by molar-refractivity contribution is 0.379. The first kappa shape index (κ1) is 9.23. The minimum atomic E-state index is 0.591. The average molecular weight is 223 g/mol. The Morgan fingerprint density at radius 2 is 2.53 bits per heavy atom. The summed E-state index contributed by atoms with van der Waals surface area (Å²) >= 11 is 1.66. The summed E-state index contributed by atoms with van der Waals surface area (Å²) < 4.78 is 1.77. The van der Waals surface area contributed by atoms with Gasteiger partial charge in [-0.2, -0.15) is 9.61 Å². The van der Waals surface area contributed by atoms with E-state index in [-0.39, 0.29) is 0 Å². The van der Waals surface area contributed by atoms with Gasteiger partial charge in [0.15, 0.2) is 0 Å². The van der Waals surface area contributed by atoms with Gasteiger partial charge in [-0.1, -0.05) is 11.3 Å². The molecule has 2 unspecified atom stereocenters. The highest BCUT2D eigenvalue weighted by Crippen LogP contribution is 2.30. The zero-order valence-electron chi connectivity index (χ0n) is 8.55. The molecule has 2 aromatic heterocycles. The minimum absolute atomic E-state index is 0.591. The SMILES string of the molecule is CC1CC(c2nn3cnnc3s2)CCN1. The van der Waals surface area contributed by atoms with Gasteiger partial charge in [0.2, 0.25) is 4.96 Å². The number of hydrogen-bond donors (Lipinski definition) is 1. The lowest BCUT2D eigenvalue weighted by Crippen LogP contribution is -2.34. The third-order valence-electron chi connectivity index (χ3n) is 2.88. The molecule has 1 fully saturated rings. The standard InChI is InChI=1S/C9H13N5S/c1-6-4-7(2-3-10-6)8-13-14-5-11-12-9(14)15-8/h5-7,10H,2-4H2,1H3. The molecule has 1 N–H and O–H groups in total. The van der Waals surface area contributed by atoms with Crippen molar-refractivity contribution in [3.63, 3.8) is 0 Å². The third kappa shape index (κ3) is 1.63. The van der Waals surface area contributed by atoms with Crippen LogP contribution >= 0.6 is 11.3 Å². The topological polar surface area (TPSA) is 55.1 Å². The number of fused-ring (bicyclic) bond motifs is 1. The van der Waals surface area contributed by atoms with Gasteiger partial charge < -0.3 is 5.32 Å². The highest BCUT2D eigenvalue weighted by molar-refractivity contribution is 7.16. The summed E-state index contributed by atoms with van der Waals surface area (Å²) in [5.41, 5.74) is 0. The van der Waals surface area contributed by atoms with E-state index in [2.05, 4.69) is 27.5 Å². The number of piperidine rings is 1. The normalized spacial score (nSPS) is 27.3. The van der Waals surface area contributed by atoms with Crippen molar-refractivity contribution in [1.82, 2.24) is 25.1 Å². The molecule has 3 rings (SSSR count).